The number of fused-ring (bicyclic) bond motifs is 2. The maximum atomic E-state index is 13.0. The molecule has 202 valence electrons. The van der Waals surface area contributed by atoms with Crippen molar-refractivity contribution in [3.8, 4) is 11.1 Å². The summed E-state index contributed by atoms with van der Waals surface area (Å²) in [6.45, 7) is 12.4. The van der Waals surface area contributed by atoms with Crippen LogP contribution in [0.1, 0.15) is 57.4 Å². The number of hydrogen-bond donors (Lipinski definition) is 1. The molecule has 0 aliphatic rings. The van der Waals surface area contributed by atoms with Crippen LogP contribution in [0, 0.1) is 0 Å². The summed E-state index contributed by atoms with van der Waals surface area (Å²) in [6.07, 6.45) is 0. The third-order valence-electron chi connectivity index (χ3n) is 7.85. The van der Waals surface area contributed by atoms with E-state index in [0.717, 1.165) is 56.7 Å². The first kappa shape index (κ1) is 26.0. The Labute approximate surface area is 235 Å². The summed E-state index contributed by atoms with van der Waals surface area (Å²) in [5, 5.41) is 13.0. The Morgan fingerprint density at radius 3 is 1.98 bits per heavy atom. The lowest BCUT2D eigenvalue weighted by Gasteiger charge is -2.31. The van der Waals surface area contributed by atoms with Gasteiger partial charge in [0.15, 0.2) is 11.4 Å². The van der Waals surface area contributed by atoms with E-state index >= 15 is 0 Å². The molecule has 1 unspecified atom stereocenters. The molecule has 5 heteroatoms. The van der Waals surface area contributed by atoms with Crippen molar-refractivity contribution in [2.45, 2.75) is 58.7 Å². The minimum absolute atomic E-state index is 0.0695. The second-order valence-corrected chi connectivity index (χ2v) is 11.4. The molecule has 40 heavy (non-hydrogen) atoms. The fourth-order valence-corrected chi connectivity index (χ4v) is 5.99. The first-order chi connectivity index (χ1) is 19.3. The van der Waals surface area contributed by atoms with Gasteiger partial charge in [0.05, 0.1) is 22.1 Å². The van der Waals surface area contributed by atoms with Crippen LogP contribution in [0.3, 0.4) is 0 Å². The van der Waals surface area contributed by atoms with Gasteiger partial charge in [0, 0.05) is 24.1 Å². The second-order valence-electron chi connectivity index (χ2n) is 11.4. The Balaban J connectivity index is 1.64. The molecule has 0 radical (unpaired) electrons. The normalized spacial score (nSPS) is 13.7. The zero-order valence-electron chi connectivity index (χ0n) is 23.9. The predicted octanol–water partition coefficient (Wildman–Crippen LogP) is 7.67. The highest BCUT2D eigenvalue weighted by atomic mass is 16.3. The summed E-state index contributed by atoms with van der Waals surface area (Å²) in [6, 6.07) is 32.6. The Kier molecular flexibility index (Phi) is 6.35. The van der Waals surface area contributed by atoms with Gasteiger partial charge < -0.3 is 14.2 Å². The van der Waals surface area contributed by atoms with E-state index in [1.165, 1.54) is 0 Å². The lowest BCUT2D eigenvalue weighted by molar-refractivity contribution is 0.112. The number of rotatable bonds is 6. The van der Waals surface area contributed by atoms with Crippen LogP contribution in [0.15, 0.2) is 97.1 Å². The van der Waals surface area contributed by atoms with Crippen LogP contribution in [0.25, 0.3) is 33.2 Å². The number of nitrogens with zero attached hydrogens (tertiary/aromatic N) is 4. The standard InChI is InChI=1S/C35H36N4O/c1-6-38-30-20-14-13-19-28(30)37-33(38)35(40,25-15-9-8-10-16-25)27-18-12-11-17-26(27)24-21-22-29-31(23-24)39(7-2)32(36-29)34(3,4)5/h8-23,40H,6-7H2,1-5H3. The molecule has 0 saturated carbocycles. The topological polar surface area (TPSA) is 55.9 Å². The summed E-state index contributed by atoms with van der Waals surface area (Å²) in [5.74, 6) is 1.69. The molecule has 1 N–H and O–H groups in total. The van der Waals surface area contributed by atoms with Crippen molar-refractivity contribution in [3.63, 3.8) is 0 Å². The highest BCUT2D eigenvalue weighted by Crippen LogP contribution is 2.42. The van der Waals surface area contributed by atoms with Gasteiger partial charge in [0.1, 0.15) is 5.82 Å². The number of benzene rings is 4. The van der Waals surface area contributed by atoms with E-state index in [4.69, 9.17) is 9.97 Å². The molecular weight excluding hydrogens is 492 g/mol. The van der Waals surface area contributed by atoms with Crippen LogP contribution in [0.5, 0.6) is 0 Å². The monoisotopic (exact) mass is 528 g/mol. The molecule has 2 heterocycles. The second kappa shape index (κ2) is 9.76. The summed E-state index contributed by atoms with van der Waals surface area (Å²) >= 11 is 0. The molecule has 0 spiro atoms. The Bertz CT molecular complexity index is 1820. The Morgan fingerprint density at radius 1 is 0.650 bits per heavy atom. The quantitative estimate of drug-likeness (QED) is 0.241. The summed E-state index contributed by atoms with van der Waals surface area (Å²) < 4.78 is 4.44. The average Bonchev–Trinajstić information content (AvgIpc) is 3.55. The van der Waals surface area contributed by atoms with Gasteiger partial charge in [-0.1, -0.05) is 93.6 Å². The Hall–Kier alpha value is -4.22. The smallest absolute Gasteiger partial charge is 0.173 e. The van der Waals surface area contributed by atoms with Crippen molar-refractivity contribution in [2.24, 2.45) is 0 Å². The lowest BCUT2D eigenvalue weighted by atomic mass is 9.81. The van der Waals surface area contributed by atoms with Gasteiger partial charge in [0.25, 0.3) is 0 Å². The van der Waals surface area contributed by atoms with E-state index in [1.807, 2.05) is 66.7 Å². The van der Waals surface area contributed by atoms with Crippen LogP contribution in [-0.2, 0) is 24.1 Å². The minimum Gasteiger partial charge on any atom is -0.373 e. The highest BCUT2D eigenvalue weighted by Gasteiger charge is 2.40. The molecule has 6 aromatic rings. The van der Waals surface area contributed by atoms with E-state index in [2.05, 4.69) is 74.1 Å². The van der Waals surface area contributed by atoms with Gasteiger partial charge in [-0.3, -0.25) is 0 Å². The maximum absolute atomic E-state index is 13.0. The molecule has 0 aliphatic carbocycles. The molecule has 0 amide bonds. The van der Waals surface area contributed by atoms with Crippen molar-refractivity contribution < 1.29 is 5.11 Å². The fourth-order valence-electron chi connectivity index (χ4n) is 5.99. The zero-order chi connectivity index (χ0) is 28.1. The van der Waals surface area contributed by atoms with E-state index in [0.29, 0.717) is 12.4 Å². The van der Waals surface area contributed by atoms with Crippen molar-refractivity contribution in [3.05, 3.63) is 120 Å². The van der Waals surface area contributed by atoms with Crippen molar-refractivity contribution >= 4 is 22.1 Å². The molecule has 0 bridgehead atoms. The van der Waals surface area contributed by atoms with Crippen LogP contribution < -0.4 is 0 Å². The first-order valence-corrected chi connectivity index (χ1v) is 14.1. The number of aryl methyl sites for hydroxylation is 2. The van der Waals surface area contributed by atoms with Gasteiger partial charge >= 0.3 is 0 Å². The van der Waals surface area contributed by atoms with Crippen LogP contribution in [-0.4, -0.2) is 24.2 Å². The van der Waals surface area contributed by atoms with E-state index in [1.54, 1.807) is 0 Å². The van der Waals surface area contributed by atoms with Gasteiger partial charge in [-0.2, -0.15) is 0 Å². The number of aliphatic hydroxyl groups is 1. The van der Waals surface area contributed by atoms with Crippen LogP contribution in [0.2, 0.25) is 0 Å². The molecule has 1 atom stereocenters. The third-order valence-corrected chi connectivity index (χ3v) is 7.85. The van der Waals surface area contributed by atoms with Gasteiger partial charge in [-0.05, 0) is 54.8 Å². The number of para-hydroxylation sites is 2. The minimum atomic E-state index is -1.48. The van der Waals surface area contributed by atoms with Crippen molar-refractivity contribution in [1.29, 1.82) is 0 Å². The summed E-state index contributed by atoms with van der Waals surface area (Å²) in [4.78, 5) is 10.1. The molecule has 5 nitrogen and oxygen atoms in total. The highest BCUT2D eigenvalue weighted by molar-refractivity contribution is 5.85. The molecular formula is C35H36N4O. The first-order valence-electron chi connectivity index (χ1n) is 14.1. The van der Waals surface area contributed by atoms with Crippen LogP contribution >= 0.6 is 0 Å². The molecule has 0 saturated heterocycles. The predicted molar refractivity (Wildman–Crippen MR) is 163 cm³/mol. The molecule has 0 aliphatic heterocycles. The third kappa shape index (κ3) is 4.04. The molecule has 0 fully saturated rings. The van der Waals surface area contributed by atoms with E-state index in [-0.39, 0.29) is 5.41 Å². The van der Waals surface area contributed by atoms with Gasteiger partial charge in [-0.15, -0.1) is 0 Å². The van der Waals surface area contributed by atoms with Crippen molar-refractivity contribution in [2.75, 3.05) is 0 Å². The number of hydrogen-bond acceptors (Lipinski definition) is 3. The van der Waals surface area contributed by atoms with Gasteiger partial charge in [0.2, 0.25) is 0 Å². The summed E-state index contributed by atoms with van der Waals surface area (Å²) in [7, 11) is 0. The zero-order valence-corrected chi connectivity index (χ0v) is 23.9. The Morgan fingerprint density at radius 2 is 1.25 bits per heavy atom. The average molecular weight is 529 g/mol. The van der Waals surface area contributed by atoms with Crippen LogP contribution in [0.4, 0.5) is 0 Å². The summed E-state index contributed by atoms with van der Waals surface area (Å²) in [5.41, 5.74) is 5.99. The number of aromatic nitrogens is 4. The SMILES string of the molecule is CCn1c(C(C)(C)C)nc2ccc(-c3ccccc3C(O)(c3ccccc3)c3nc4ccccc4n3CC)cc21. The van der Waals surface area contributed by atoms with E-state index in [9.17, 15) is 5.11 Å². The largest absolute Gasteiger partial charge is 0.373 e. The van der Waals surface area contributed by atoms with E-state index < -0.39 is 5.60 Å². The molecule has 4 aromatic carbocycles. The van der Waals surface area contributed by atoms with Crippen molar-refractivity contribution in [1.82, 2.24) is 19.1 Å². The molecule has 6 rings (SSSR count). The molecule has 2 aromatic heterocycles. The fraction of sp³-hybridized carbons (Fsp3) is 0.257. The lowest BCUT2D eigenvalue weighted by Crippen LogP contribution is -2.33. The maximum Gasteiger partial charge on any atom is 0.173 e. The number of imidazole rings is 2. The van der Waals surface area contributed by atoms with Gasteiger partial charge in [-0.25, -0.2) is 9.97 Å².